The van der Waals surface area contributed by atoms with E-state index < -0.39 is 17.3 Å². The highest BCUT2D eigenvalue weighted by molar-refractivity contribution is 6.33. The number of aliphatic imine (C=N–C) groups is 1. The Hall–Kier alpha value is -3.76. The van der Waals surface area contributed by atoms with Gasteiger partial charge in [0.1, 0.15) is 11.6 Å². The fourth-order valence-electron chi connectivity index (χ4n) is 5.37. The second-order valence-corrected chi connectivity index (χ2v) is 11.6. The van der Waals surface area contributed by atoms with E-state index >= 15 is 0 Å². The number of halogens is 4. The molecule has 0 amide bonds. The number of ether oxygens (including phenoxy) is 1. The zero-order valence-corrected chi connectivity index (χ0v) is 23.9. The van der Waals surface area contributed by atoms with E-state index in [4.69, 9.17) is 27.8 Å². The van der Waals surface area contributed by atoms with Crippen LogP contribution < -0.4 is 21.5 Å². The zero-order chi connectivity index (χ0) is 29.7. The Kier molecular flexibility index (Phi) is 7.19. The van der Waals surface area contributed by atoms with Gasteiger partial charge in [0.25, 0.3) is 0 Å². The van der Waals surface area contributed by atoms with Gasteiger partial charge in [0.2, 0.25) is 0 Å². The van der Waals surface area contributed by atoms with E-state index in [-0.39, 0.29) is 28.6 Å². The lowest BCUT2D eigenvalue weighted by Gasteiger charge is -2.39. The van der Waals surface area contributed by atoms with Gasteiger partial charge in [0.05, 0.1) is 46.3 Å². The highest BCUT2D eigenvalue weighted by Gasteiger charge is 2.49. The van der Waals surface area contributed by atoms with Crippen molar-refractivity contribution < 1.29 is 17.9 Å². The molecule has 1 fully saturated rings. The first-order valence-electron chi connectivity index (χ1n) is 13.1. The van der Waals surface area contributed by atoms with Gasteiger partial charge in [-0.3, -0.25) is 0 Å². The zero-order valence-electron chi connectivity index (χ0n) is 23.2. The number of aromatic nitrogens is 2. The summed E-state index contributed by atoms with van der Waals surface area (Å²) in [6, 6.07) is 12.6. The molecule has 2 atom stereocenters. The molecule has 0 unspecified atom stereocenters. The third kappa shape index (κ3) is 5.22. The Balaban J connectivity index is 1.70. The number of nitrogens with two attached hydrogens (primary N) is 2. The van der Waals surface area contributed by atoms with E-state index in [0.29, 0.717) is 33.0 Å². The lowest BCUT2D eigenvalue weighted by atomic mass is 9.75. The van der Waals surface area contributed by atoms with E-state index in [1.54, 1.807) is 42.7 Å². The fraction of sp³-hybridized carbons (Fsp3) is 0.333. The molecule has 216 valence electrons. The van der Waals surface area contributed by atoms with Gasteiger partial charge in [0, 0.05) is 28.8 Å². The number of nitrogens with one attached hydrogen (secondary N) is 1. The van der Waals surface area contributed by atoms with Crippen LogP contribution in [-0.4, -0.2) is 34.1 Å². The van der Waals surface area contributed by atoms with Crippen molar-refractivity contribution >= 4 is 34.3 Å². The summed E-state index contributed by atoms with van der Waals surface area (Å²) in [6.45, 7) is 6.24. The normalized spacial score (nSPS) is 20.9. The van der Waals surface area contributed by atoms with E-state index in [1.807, 2.05) is 6.92 Å². The number of anilines is 1. The molecule has 0 saturated heterocycles. The van der Waals surface area contributed by atoms with Crippen molar-refractivity contribution in [3.05, 3.63) is 77.1 Å². The maximum absolute atomic E-state index is 14.1. The Morgan fingerprint density at radius 1 is 1.17 bits per heavy atom. The Labute approximate surface area is 241 Å². The molecular formula is C30H32ClF3N6O. The van der Waals surface area contributed by atoms with Crippen molar-refractivity contribution in [2.45, 2.75) is 51.4 Å². The second kappa shape index (κ2) is 10.3. The predicted molar refractivity (Wildman–Crippen MR) is 157 cm³/mol. The number of fused-ring (bicyclic) bond motifs is 1. The number of para-hydroxylation sites is 1. The molecule has 2 aromatic carbocycles. The Morgan fingerprint density at radius 2 is 1.90 bits per heavy atom. The lowest BCUT2D eigenvalue weighted by Crippen LogP contribution is -2.51. The van der Waals surface area contributed by atoms with Crippen LogP contribution in [0, 0.1) is 5.41 Å². The predicted octanol–water partition coefficient (Wildman–Crippen LogP) is 7.04. The summed E-state index contributed by atoms with van der Waals surface area (Å²) in [5.41, 5.74) is 14.1. The van der Waals surface area contributed by atoms with Gasteiger partial charge in [-0.15, -0.1) is 0 Å². The molecule has 1 aliphatic carbocycles. The van der Waals surface area contributed by atoms with Crippen molar-refractivity contribution in [1.29, 1.82) is 0 Å². The average Bonchev–Trinajstić information content (AvgIpc) is 3.43. The van der Waals surface area contributed by atoms with Crippen LogP contribution >= 0.6 is 11.6 Å². The molecule has 0 bridgehead atoms. The van der Waals surface area contributed by atoms with Crippen LogP contribution in [0.15, 0.2) is 65.9 Å². The summed E-state index contributed by atoms with van der Waals surface area (Å²) in [6.07, 6.45) is 0.111. The maximum atomic E-state index is 14.1. The summed E-state index contributed by atoms with van der Waals surface area (Å²) in [5, 5.41) is 8.55. The summed E-state index contributed by atoms with van der Waals surface area (Å²) in [4.78, 5) is 4.55. The molecule has 1 saturated carbocycles. The number of hydrogen-bond acceptors (Lipinski definition) is 5. The number of methoxy groups -OCH3 is 1. The highest BCUT2D eigenvalue weighted by Crippen LogP contribution is 2.46. The molecule has 0 spiro atoms. The van der Waals surface area contributed by atoms with Crippen molar-refractivity contribution in [1.82, 2.24) is 9.61 Å². The Bertz CT molecular complexity index is 1640. The van der Waals surface area contributed by atoms with E-state index in [9.17, 15) is 13.2 Å². The van der Waals surface area contributed by atoms with Gasteiger partial charge < -0.3 is 21.5 Å². The molecule has 5 rings (SSSR count). The van der Waals surface area contributed by atoms with Gasteiger partial charge >= 0.3 is 6.18 Å². The fourth-order valence-corrected chi connectivity index (χ4v) is 5.55. The largest absolute Gasteiger partial charge is 0.497 e. The van der Waals surface area contributed by atoms with Gasteiger partial charge in [-0.05, 0) is 55.7 Å². The third-order valence-corrected chi connectivity index (χ3v) is 8.78. The highest BCUT2D eigenvalue weighted by atomic mass is 35.5. The number of rotatable bonds is 6. The van der Waals surface area contributed by atoms with Crippen LogP contribution in [0.25, 0.3) is 16.6 Å². The first-order chi connectivity index (χ1) is 19.2. The summed E-state index contributed by atoms with van der Waals surface area (Å²) < 4.78 is 48.8. The van der Waals surface area contributed by atoms with Crippen LogP contribution in [0.4, 0.5) is 24.5 Å². The standard InChI is InChI=1S/C30H32ClF3N6O/c1-28(2)25(11-12-29(28,3)36)39-26-20(27(35)38-23-8-6-5-7-22(23)31)15-37-40-16-17(13-24(26)40)19-10-9-18(41-4)14-21(19)30(32,33)34/h5-10,13-16,25,39H,11-12,36H2,1-4H3,(H2,35,38)/t25-,29+/m1/s1. The minimum absolute atomic E-state index is 0.00439. The molecule has 4 aromatic rings. The van der Waals surface area contributed by atoms with Crippen LogP contribution in [0.2, 0.25) is 5.02 Å². The average molecular weight is 585 g/mol. The molecule has 0 radical (unpaired) electrons. The smallest absolute Gasteiger partial charge is 0.417 e. The molecule has 7 nitrogen and oxygen atoms in total. The van der Waals surface area contributed by atoms with E-state index in [1.165, 1.54) is 23.8 Å². The van der Waals surface area contributed by atoms with Crippen LogP contribution in [0.1, 0.15) is 44.7 Å². The number of hydrogen-bond donors (Lipinski definition) is 3. The van der Waals surface area contributed by atoms with Gasteiger partial charge in [-0.1, -0.05) is 43.6 Å². The van der Waals surface area contributed by atoms with Crippen LogP contribution in [-0.2, 0) is 6.18 Å². The van der Waals surface area contributed by atoms with Gasteiger partial charge in [-0.25, -0.2) is 9.51 Å². The molecule has 0 aliphatic heterocycles. The molecule has 5 N–H and O–H groups in total. The summed E-state index contributed by atoms with van der Waals surface area (Å²) >= 11 is 6.33. The number of nitrogens with zero attached hydrogens (tertiary/aromatic N) is 3. The molecule has 2 heterocycles. The SMILES string of the molecule is COc1ccc(-c2cc3c(N[C@@H]4CC[C@](C)(N)C4(C)C)c(/C(N)=N/c4ccccc4Cl)cnn3c2)c(C(F)(F)F)c1. The third-order valence-electron chi connectivity index (χ3n) is 8.46. The minimum atomic E-state index is -4.59. The van der Waals surface area contributed by atoms with Crippen molar-refractivity contribution in [3.63, 3.8) is 0 Å². The first kappa shape index (κ1) is 28.8. The van der Waals surface area contributed by atoms with Gasteiger partial charge in [0.15, 0.2) is 0 Å². The quantitative estimate of drug-likeness (QED) is 0.167. The molecule has 41 heavy (non-hydrogen) atoms. The van der Waals surface area contributed by atoms with E-state index in [0.717, 1.165) is 18.9 Å². The van der Waals surface area contributed by atoms with Crippen molar-refractivity contribution in [3.8, 4) is 16.9 Å². The first-order valence-corrected chi connectivity index (χ1v) is 13.5. The van der Waals surface area contributed by atoms with Crippen LogP contribution in [0.5, 0.6) is 5.75 Å². The monoisotopic (exact) mass is 584 g/mol. The molecule has 11 heteroatoms. The second-order valence-electron chi connectivity index (χ2n) is 11.2. The molecule has 1 aliphatic rings. The summed E-state index contributed by atoms with van der Waals surface area (Å²) in [5.74, 6) is 0.273. The minimum Gasteiger partial charge on any atom is -0.497 e. The van der Waals surface area contributed by atoms with Gasteiger partial charge in [-0.2, -0.15) is 18.3 Å². The number of amidine groups is 1. The number of benzene rings is 2. The van der Waals surface area contributed by atoms with E-state index in [2.05, 4.69) is 29.3 Å². The van der Waals surface area contributed by atoms with Crippen LogP contribution in [0.3, 0.4) is 0 Å². The van der Waals surface area contributed by atoms with Crippen molar-refractivity contribution in [2.24, 2.45) is 21.9 Å². The molecule has 2 aromatic heterocycles. The topological polar surface area (TPSA) is 103 Å². The lowest BCUT2D eigenvalue weighted by molar-refractivity contribution is -0.137. The summed E-state index contributed by atoms with van der Waals surface area (Å²) in [7, 11) is 1.33. The van der Waals surface area contributed by atoms with Crippen molar-refractivity contribution in [2.75, 3.05) is 12.4 Å². The number of alkyl halides is 3. The Morgan fingerprint density at radius 3 is 2.54 bits per heavy atom. The molecular weight excluding hydrogens is 553 g/mol. The maximum Gasteiger partial charge on any atom is 0.417 e.